The normalized spacial score (nSPS) is 22.2. The highest BCUT2D eigenvalue weighted by atomic mass is 32.1. The summed E-state index contributed by atoms with van der Waals surface area (Å²) >= 11 is 1.63. The Balaban J connectivity index is 1.88. The highest BCUT2D eigenvalue weighted by molar-refractivity contribution is 7.09. The van der Waals surface area contributed by atoms with E-state index in [2.05, 4.69) is 16.8 Å². The minimum absolute atomic E-state index is 0.0648. The molecule has 2 atom stereocenters. The lowest BCUT2D eigenvalue weighted by atomic mass is 10.1. The van der Waals surface area contributed by atoms with Crippen LogP contribution in [0.15, 0.2) is 11.6 Å². The van der Waals surface area contributed by atoms with Gasteiger partial charge in [-0.25, -0.2) is 4.98 Å². The number of carbonyl (C=O) groups is 1. The predicted octanol–water partition coefficient (Wildman–Crippen LogP) is 1.04. The summed E-state index contributed by atoms with van der Waals surface area (Å²) in [6.07, 6.45) is 1.48. The predicted molar refractivity (Wildman–Crippen MR) is 75.4 cm³/mol. The molecule has 0 aliphatic carbocycles. The summed E-state index contributed by atoms with van der Waals surface area (Å²) in [7, 11) is 3.85. The first kappa shape index (κ1) is 14.4. The van der Waals surface area contributed by atoms with Crippen LogP contribution < -0.4 is 0 Å². The number of thiazole rings is 1. The van der Waals surface area contributed by atoms with Gasteiger partial charge in [-0.05, 0) is 7.05 Å². The van der Waals surface area contributed by atoms with Gasteiger partial charge in [0.05, 0.1) is 11.6 Å². The molecule has 2 rings (SSSR count). The van der Waals surface area contributed by atoms with Gasteiger partial charge in [0.25, 0.3) is 5.91 Å². The number of hydrogen-bond donors (Lipinski definition) is 0. The molecular weight excluding hydrogens is 262 g/mol. The van der Waals surface area contributed by atoms with Crippen molar-refractivity contribution in [2.24, 2.45) is 0 Å². The largest absolute Gasteiger partial charge is 0.366 e. The van der Waals surface area contributed by atoms with Crippen LogP contribution in [0.4, 0.5) is 0 Å². The fraction of sp³-hybridized carbons (Fsp3) is 0.692. The van der Waals surface area contributed by atoms with Crippen molar-refractivity contribution in [3.63, 3.8) is 0 Å². The third kappa shape index (κ3) is 3.75. The summed E-state index contributed by atoms with van der Waals surface area (Å²) in [6.45, 7) is 4.97. The maximum atomic E-state index is 12.3. The van der Waals surface area contributed by atoms with Crippen molar-refractivity contribution in [2.75, 3.05) is 40.3 Å². The molecule has 0 saturated carbocycles. The van der Waals surface area contributed by atoms with Gasteiger partial charge in [-0.2, -0.15) is 0 Å². The van der Waals surface area contributed by atoms with Crippen LogP contribution in [-0.4, -0.2) is 67.1 Å². The van der Waals surface area contributed by atoms with E-state index in [1.165, 1.54) is 0 Å². The molecule has 1 saturated heterocycles. The van der Waals surface area contributed by atoms with Gasteiger partial charge in [0.1, 0.15) is 6.10 Å². The molecule has 106 valence electrons. The SMILES string of the molecule is C[C@@H](CN(C)C(=O)[C@@H]1CN(C)CCO1)c1nccs1. The van der Waals surface area contributed by atoms with Gasteiger partial charge in [0.15, 0.2) is 0 Å². The summed E-state index contributed by atoms with van der Waals surface area (Å²) in [5.74, 6) is 0.324. The molecule has 19 heavy (non-hydrogen) atoms. The van der Waals surface area contributed by atoms with Crippen LogP contribution >= 0.6 is 11.3 Å². The van der Waals surface area contributed by atoms with E-state index in [1.54, 1.807) is 22.4 Å². The Bertz CT molecular complexity index is 410. The Kier molecular flexibility index (Phi) is 4.90. The Morgan fingerprint density at radius 2 is 2.53 bits per heavy atom. The van der Waals surface area contributed by atoms with Crippen LogP contribution in [0.3, 0.4) is 0 Å². The molecule has 1 fully saturated rings. The maximum Gasteiger partial charge on any atom is 0.252 e. The number of nitrogens with zero attached hydrogens (tertiary/aromatic N) is 3. The van der Waals surface area contributed by atoms with E-state index in [0.29, 0.717) is 19.7 Å². The second-order valence-corrected chi connectivity index (χ2v) is 6.04. The van der Waals surface area contributed by atoms with Gasteiger partial charge >= 0.3 is 0 Å². The standard InChI is InChI=1S/C13H21N3O2S/c1-10(12-14-4-7-19-12)8-16(3)13(17)11-9-15(2)5-6-18-11/h4,7,10-11H,5-6,8-9H2,1-3H3/t10-,11-/m0/s1. The van der Waals surface area contributed by atoms with E-state index in [-0.39, 0.29) is 17.9 Å². The molecule has 0 N–H and O–H groups in total. The molecular formula is C13H21N3O2S. The molecule has 0 spiro atoms. The fourth-order valence-corrected chi connectivity index (χ4v) is 2.92. The van der Waals surface area contributed by atoms with Crippen LogP contribution in [0.25, 0.3) is 0 Å². The van der Waals surface area contributed by atoms with E-state index < -0.39 is 0 Å². The second-order valence-electron chi connectivity index (χ2n) is 5.11. The first-order chi connectivity index (χ1) is 9.08. The van der Waals surface area contributed by atoms with E-state index in [9.17, 15) is 4.79 Å². The molecule has 1 aromatic heterocycles. The number of ether oxygens (including phenoxy) is 1. The zero-order valence-corrected chi connectivity index (χ0v) is 12.5. The molecule has 0 radical (unpaired) electrons. The topological polar surface area (TPSA) is 45.7 Å². The number of aromatic nitrogens is 1. The molecule has 0 bridgehead atoms. The lowest BCUT2D eigenvalue weighted by molar-refractivity contribution is -0.147. The van der Waals surface area contributed by atoms with Gasteiger partial charge in [-0.15, -0.1) is 11.3 Å². The third-order valence-corrected chi connectivity index (χ3v) is 4.35. The molecule has 1 aliphatic heterocycles. The average Bonchev–Trinajstić information content (AvgIpc) is 2.91. The van der Waals surface area contributed by atoms with Crippen molar-refractivity contribution in [2.45, 2.75) is 18.9 Å². The Labute approximate surface area is 118 Å². The summed E-state index contributed by atoms with van der Waals surface area (Å²) in [6, 6.07) is 0. The van der Waals surface area contributed by atoms with E-state index in [0.717, 1.165) is 11.6 Å². The van der Waals surface area contributed by atoms with Crippen molar-refractivity contribution in [1.82, 2.24) is 14.8 Å². The average molecular weight is 283 g/mol. The smallest absolute Gasteiger partial charge is 0.252 e. The first-order valence-electron chi connectivity index (χ1n) is 6.52. The van der Waals surface area contributed by atoms with Gasteiger partial charge < -0.3 is 14.5 Å². The highest BCUT2D eigenvalue weighted by Crippen LogP contribution is 2.19. The van der Waals surface area contributed by atoms with E-state index in [1.807, 2.05) is 19.5 Å². The van der Waals surface area contributed by atoms with Gasteiger partial charge in [0, 0.05) is 44.2 Å². The van der Waals surface area contributed by atoms with E-state index in [4.69, 9.17) is 4.74 Å². The van der Waals surface area contributed by atoms with Crippen LogP contribution in [0.5, 0.6) is 0 Å². The molecule has 1 aromatic rings. The maximum absolute atomic E-state index is 12.3. The van der Waals surface area contributed by atoms with Gasteiger partial charge in [-0.3, -0.25) is 4.79 Å². The summed E-state index contributed by atoms with van der Waals surface area (Å²) in [5.41, 5.74) is 0. The van der Waals surface area contributed by atoms with Crippen LogP contribution in [-0.2, 0) is 9.53 Å². The Hall–Kier alpha value is -0.980. The summed E-state index contributed by atoms with van der Waals surface area (Å²) in [5, 5.41) is 3.04. The zero-order chi connectivity index (χ0) is 13.8. The number of morpholine rings is 1. The number of likely N-dealkylation sites (N-methyl/N-ethyl adjacent to an activating group) is 2. The van der Waals surface area contributed by atoms with Crippen molar-refractivity contribution in [3.05, 3.63) is 16.6 Å². The lowest BCUT2D eigenvalue weighted by Crippen LogP contribution is -2.49. The minimum atomic E-state index is -0.327. The fourth-order valence-electron chi connectivity index (χ4n) is 2.23. The first-order valence-corrected chi connectivity index (χ1v) is 7.40. The van der Waals surface area contributed by atoms with Gasteiger partial charge in [-0.1, -0.05) is 6.92 Å². The minimum Gasteiger partial charge on any atom is -0.366 e. The lowest BCUT2D eigenvalue weighted by Gasteiger charge is -2.32. The molecule has 5 nitrogen and oxygen atoms in total. The summed E-state index contributed by atoms with van der Waals surface area (Å²) < 4.78 is 5.56. The molecule has 1 aliphatic rings. The number of hydrogen-bond acceptors (Lipinski definition) is 5. The molecule has 1 amide bonds. The van der Waals surface area contributed by atoms with E-state index >= 15 is 0 Å². The van der Waals surface area contributed by atoms with Crippen molar-refractivity contribution < 1.29 is 9.53 Å². The van der Waals surface area contributed by atoms with Crippen LogP contribution in [0.2, 0.25) is 0 Å². The monoisotopic (exact) mass is 283 g/mol. The molecule has 0 unspecified atom stereocenters. The molecule has 0 aromatic carbocycles. The Morgan fingerprint density at radius 1 is 1.74 bits per heavy atom. The second kappa shape index (κ2) is 6.45. The number of rotatable bonds is 4. The van der Waals surface area contributed by atoms with Crippen molar-refractivity contribution in [3.8, 4) is 0 Å². The van der Waals surface area contributed by atoms with Crippen LogP contribution in [0.1, 0.15) is 17.8 Å². The number of amides is 1. The highest BCUT2D eigenvalue weighted by Gasteiger charge is 2.28. The van der Waals surface area contributed by atoms with Crippen LogP contribution in [0, 0.1) is 0 Å². The summed E-state index contributed by atoms with van der Waals surface area (Å²) in [4.78, 5) is 20.5. The molecule has 6 heteroatoms. The Morgan fingerprint density at radius 3 is 3.16 bits per heavy atom. The van der Waals surface area contributed by atoms with Crippen molar-refractivity contribution in [1.29, 1.82) is 0 Å². The molecule has 2 heterocycles. The van der Waals surface area contributed by atoms with Gasteiger partial charge in [0.2, 0.25) is 0 Å². The van der Waals surface area contributed by atoms with Crippen molar-refractivity contribution >= 4 is 17.2 Å². The zero-order valence-electron chi connectivity index (χ0n) is 11.7. The third-order valence-electron chi connectivity index (χ3n) is 3.34. The number of carbonyl (C=O) groups excluding carboxylic acids is 1. The quantitative estimate of drug-likeness (QED) is 0.828.